The third-order valence-corrected chi connectivity index (χ3v) is 3.38. The second-order valence-corrected chi connectivity index (χ2v) is 5.24. The van der Waals surface area contributed by atoms with Crippen LogP contribution in [0.15, 0.2) is 36.7 Å². The molecule has 0 saturated carbocycles. The van der Waals surface area contributed by atoms with Gasteiger partial charge in [0.2, 0.25) is 0 Å². The minimum atomic E-state index is 0.159. The van der Waals surface area contributed by atoms with Crippen LogP contribution in [0.2, 0.25) is 0 Å². The summed E-state index contributed by atoms with van der Waals surface area (Å²) in [6.45, 7) is 4.25. The average Bonchev–Trinajstić information content (AvgIpc) is 2.51. The number of aryl methyl sites for hydroxylation is 1. The van der Waals surface area contributed by atoms with Gasteiger partial charge in [-0.15, -0.1) is 0 Å². The first-order valence-electron chi connectivity index (χ1n) is 7.54. The molecule has 2 N–H and O–H groups in total. The van der Waals surface area contributed by atoms with E-state index >= 15 is 0 Å². The number of benzene rings is 1. The third-order valence-electron chi connectivity index (χ3n) is 3.38. The Balaban J connectivity index is 1.96. The van der Waals surface area contributed by atoms with E-state index in [1.165, 1.54) is 5.56 Å². The molecule has 21 heavy (non-hydrogen) atoms. The van der Waals surface area contributed by atoms with E-state index in [4.69, 9.17) is 10.5 Å². The Bertz CT molecular complexity index is 537. The maximum atomic E-state index is 5.92. The summed E-state index contributed by atoms with van der Waals surface area (Å²) in [5.41, 5.74) is 8.27. The molecule has 0 aliphatic rings. The molecular weight excluding hydrogens is 262 g/mol. The minimum absolute atomic E-state index is 0.159. The zero-order valence-electron chi connectivity index (χ0n) is 12.7. The van der Waals surface area contributed by atoms with Crippen molar-refractivity contribution < 1.29 is 4.74 Å². The van der Waals surface area contributed by atoms with Gasteiger partial charge >= 0.3 is 6.01 Å². The van der Waals surface area contributed by atoms with E-state index in [1.807, 2.05) is 12.1 Å². The largest absolute Gasteiger partial charge is 0.424 e. The van der Waals surface area contributed by atoms with Gasteiger partial charge in [0.05, 0.1) is 0 Å². The number of aromatic nitrogens is 2. The van der Waals surface area contributed by atoms with Crippen molar-refractivity contribution in [2.24, 2.45) is 5.73 Å². The first-order valence-corrected chi connectivity index (χ1v) is 7.54. The molecule has 1 aromatic carbocycles. The molecule has 2 aromatic rings. The highest BCUT2D eigenvalue weighted by Gasteiger charge is 2.04. The highest BCUT2D eigenvalue weighted by molar-refractivity contribution is 5.29. The quantitative estimate of drug-likeness (QED) is 0.845. The van der Waals surface area contributed by atoms with Crippen LogP contribution in [-0.4, -0.2) is 16.0 Å². The van der Waals surface area contributed by atoms with Gasteiger partial charge < -0.3 is 10.5 Å². The summed E-state index contributed by atoms with van der Waals surface area (Å²) >= 11 is 0. The second kappa shape index (κ2) is 7.74. The van der Waals surface area contributed by atoms with Crippen LogP contribution in [0.25, 0.3) is 0 Å². The third kappa shape index (κ3) is 4.83. The topological polar surface area (TPSA) is 61.0 Å². The van der Waals surface area contributed by atoms with Gasteiger partial charge in [-0.25, -0.2) is 9.97 Å². The molecule has 0 saturated heterocycles. The molecule has 0 aliphatic carbocycles. The lowest BCUT2D eigenvalue weighted by molar-refractivity contribution is 0.440. The Morgan fingerprint density at radius 1 is 1.05 bits per heavy atom. The summed E-state index contributed by atoms with van der Waals surface area (Å²) in [6, 6.07) is 8.59. The zero-order chi connectivity index (χ0) is 15.1. The molecule has 4 nitrogen and oxygen atoms in total. The minimum Gasteiger partial charge on any atom is -0.424 e. The van der Waals surface area contributed by atoms with Crippen LogP contribution >= 0.6 is 0 Å². The van der Waals surface area contributed by atoms with E-state index in [1.54, 1.807) is 12.4 Å². The standard InChI is InChI=1S/C17H23N3O/c1-3-5-13-6-8-16(9-7-13)21-17-19-11-14(12-20-17)10-15(18)4-2/h6-9,11-12,15H,3-5,10,18H2,1-2H3. The SMILES string of the molecule is CCCc1ccc(Oc2ncc(CC(N)CC)cn2)cc1. The van der Waals surface area contributed by atoms with Crippen LogP contribution in [0.5, 0.6) is 11.8 Å². The van der Waals surface area contributed by atoms with Gasteiger partial charge in [-0.3, -0.25) is 0 Å². The number of ether oxygens (including phenoxy) is 1. The molecule has 4 heteroatoms. The van der Waals surface area contributed by atoms with Crippen LogP contribution in [0.3, 0.4) is 0 Å². The van der Waals surface area contributed by atoms with Gasteiger partial charge in [-0.2, -0.15) is 0 Å². The van der Waals surface area contributed by atoms with Crippen molar-refractivity contribution in [1.29, 1.82) is 0 Å². The molecule has 2 rings (SSSR count). The molecule has 0 bridgehead atoms. The normalized spacial score (nSPS) is 12.1. The van der Waals surface area contributed by atoms with Crippen LogP contribution in [0.4, 0.5) is 0 Å². The van der Waals surface area contributed by atoms with Crippen LogP contribution in [0, 0.1) is 0 Å². The summed E-state index contributed by atoms with van der Waals surface area (Å²) in [4.78, 5) is 8.46. The first kappa shape index (κ1) is 15.4. The number of rotatable bonds is 7. The molecule has 0 aliphatic heterocycles. The van der Waals surface area contributed by atoms with Crippen LogP contribution in [-0.2, 0) is 12.8 Å². The van der Waals surface area contributed by atoms with Gasteiger partial charge in [-0.1, -0.05) is 32.4 Å². The molecule has 0 spiro atoms. The van der Waals surface area contributed by atoms with Crippen LogP contribution < -0.4 is 10.5 Å². The lowest BCUT2D eigenvalue weighted by atomic mass is 10.1. The highest BCUT2D eigenvalue weighted by atomic mass is 16.5. The molecule has 1 heterocycles. The van der Waals surface area contributed by atoms with E-state index in [-0.39, 0.29) is 6.04 Å². The van der Waals surface area contributed by atoms with E-state index < -0.39 is 0 Å². The van der Waals surface area contributed by atoms with Gasteiger partial charge in [0.25, 0.3) is 0 Å². The molecule has 112 valence electrons. The zero-order valence-corrected chi connectivity index (χ0v) is 12.7. The fourth-order valence-electron chi connectivity index (χ4n) is 2.07. The maximum Gasteiger partial charge on any atom is 0.321 e. The molecule has 0 fully saturated rings. The van der Waals surface area contributed by atoms with Crippen molar-refractivity contribution in [3.63, 3.8) is 0 Å². The Morgan fingerprint density at radius 2 is 1.71 bits per heavy atom. The van der Waals surface area contributed by atoms with Crippen molar-refractivity contribution in [1.82, 2.24) is 9.97 Å². The lowest BCUT2D eigenvalue weighted by Crippen LogP contribution is -2.21. The average molecular weight is 285 g/mol. The molecule has 1 aromatic heterocycles. The number of hydrogen-bond acceptors (Lipinski definition) is 4. The molecule has 1 unspecified atom stereocenters. The Labute approximate surface area is 126 Å². The number of nitrogens with two attached hydrogens (primary N) is 1. The molecule has 1 atom stereocenters. The van der Waals surface area contributed by atoms with E-state index in [0.29, 0.717) is 6.01 Å². The molecule has 0 radical (unpaired) electrons. The monoisotopic (exact) mass is 285 g/mol. The summed E-state index contributed by atoms with van der Waals surface area (Å²) in [6.07, 6.45) is 7.53. The van der Waals surface area contributed by atoms with Crippen molar-refractivity contribution in [3.8, 4) is 11.8 Å². The fourth-order valence-corrected chi connectivity index (χ4v) is 2.07. The Morgan fingerprint density at radius 3 is 2.29 bits per heavy atom. The Kier molecular flexibility index (Phi) is 5.69. The van der Waals surface area contributed by atoms with Crippen LogP contribution in [0.1, 0.15) is 37.8 Å². The Hall–Kier alpha value is -1.94. The van der Waals surface area contributed by atoms with Gasteiger partial charge in [0, 0.05) is 18.4 Å². The summed E-state index contributed by atoms with van der Waals surface area (Å²) in [5.74, 6) is 0.757. The van der Waals surface area contributed by atoms with Gasteiger partial charge in [0.1, 0.15) is 5.75 Å². The summed E-state index contributed by atoms with van der Waals surface area (Å²) in [5, 5.41) is 0. The van der Waals surface area contributed by atoms with Gasteiger partial charge in [0.15, 0.2) is 0 Å². The van der Waals surface area contributed by atoms with Crippen molar-refractivity contribution in [3.05, 3.63) is 47.8 Å². The maximum absolute atomic E-state index is 5.92. The first-order chi connectivity index (χ1) is 10.2. The number of nitrogens with zero attached hydrogens (tertiary/aromatic N) is 2. The summed E-state index contributed by atoms with van der Waals surface area (Å²) in [7, 11) is 0. The predicted octanol–water partition coefficient (Wildman–Crippen LogP) is 3.50. The summed E-state index contributed by atoms with van der Waals surface area (Å²) < 4.78 is 5.64. The van der Waals surface area contributed by atoms with Crippen molar-refractivity contribution >= 4 is 0 Å². The second-order valence-electron chi connectivity index (χ2n) is 5.24. The van der Waals surface area contributed by atoms with Gasteiger partial charge in [-0.05, 0) is 42.5 Å². The van der Waals surface area contributed by atoms with E-state index in [0.717, 1.165) is 37.0 Å². The van der Waals surface area contributed by atoms with Crippen molar-refractivity contribution in [2.75, 3.05) is 0 Å². The fraction of sp³-hybridized carbons (Fsp3) is 0.412. The number of hydrogen-bond donors (Lipinski definition) is 1. The van der Waals surface area contributed by atoms with E-state index in [2.05, 4.69) is 35.9 Å². The smallest absolute Gasteiger partial charge is 0.321 e. The molecular formula is C17H23N3O. The van der Waals surface area contributed by atoms with E-state index in [9.17, 15) is 0 Å². The predicted molar refractivity (Wildman–Crippen MR) is 84.5 cm³/mol. The molecule has 0 amide bonds. The highest BCUT2D eigenvalue weighted by Crippen LogP contribution is 2.18. The lowest BCUT2D eigenvalue weighted by Gasteiger charge is -2.08. The van der Waals surface area contributed by atoms with Crippen molar-refractivity contribution in [2.45, 2.75) is 45.6 Å².